The molecule has 0 fully saturated rings. The molecule has 0 aliphatic heterocycles. The first-order chi connectivity index (χ1) is 9.72. The Bertz CT molecular complexity index is 495. The van der Waals surface area contributed by atoms with Crippen molar-refractivity contribution >= 4 is 12.0 Å². The molecule has 0 saturated carbocycles. The molecule has 21 heavy (non-hydrogen) atoms. The van der Waals surface area contributed by atoms with Gasteiger partial charge in [0.1, 0.15) is 5.69 Å². The minimum atomic E-state index is -1.07. The third kappa shape index (κ3) is 5.41. The van der Waals surface area contributed by atoms with Crippen LogP contribution in [0.3, 0.4) is 0 Å². The summed E-state index contributed by atoms with van der Waals surface area (Å²) < 4.78 is 0. The molecule has 1 aromatic rings. The highest BCUT2D eigenvalue weighted by molar-refractivity contribution is 5.85. The van der Waals surface area contributed by atoms with E-state index in [0.717, 1.165) is 5.56 Å². The number of pyridine rings is 1. The maximum absolute atomic E-state index is 11.7. The number of aromatic carboxylic acids is 1. The number of hydrogen-bond donors (Lipinski definition) is 3. The van der Waals surface area contributed by atoms with Crippen molar-refractivity contribution in [3.05, 3.63) is 29.6 Å². The molecule has 1 aromatic heterocycles. The topological polar surface area (TPSA) is 91.3 Å². The number of rotatable bonds is 6. The van der Waals surface area contributed by atoms with Gasteiger partial charge < -0.3 is 15.7 Å². The molecular weight excluding hydrogens is 270 g/mol. The Morgan fingerprint density at radius 3 is 2.43 bits per heavy atom. The molecule has 2 amide bonds. The number of urea groups is 1. The van der Waals surface area contributed by atoms with Crippen molar-refractivity contribution in [2.45, 2.75) is 34.2 Å². The number of carbonyl (C=O) groups is 2. The average molecular weight is 293 g/mol. The van der Waals surface area contributed by atoms with Crippen molar-refractivity contribution < 1.29 is 14.7 Å². The SMILES string of the molecule is CC(C)C(C)(C)CNC(=O)NCc1ccc(C(=O)O)nc1. The zero-order valence-electron chi connectivity index (χ0n) is 12.9. The number of hydrogen-bond acceptors (Lipinski definition) is 3. The molecule has 0 spiro atoms. The summed E-state index contributed by atoms with van der Waals surface area (Å²) in [4.78, 5) is 26.2. The molecule has 0 unspecified atom stereocenters. The lowest BCUT2D eigenvalue weighted by molar-refractivity contribution is 0.0690. The fourth-order valence-electron chi connectivity index (χ4n) is 1.41. The van der Waals surface area contributed by atoms with Gasteiger partial charge in [-0.1, -0.05) is 33.8 Å². The second-order valence-electron chi connectivity index (χ2n) is 6.04. The minimum absolute atomic E-state index is 0.0121. The molecule has 6 nitrogen and oxygen atoms in total. The van der Waals surface area contributed by atoms with E-state index in [4.69, 9.17) is 5.11 Å². The van der Waals surface area contributed by atoms with Crippen LogP contribution in [0.1, 0.15) is 43.7 Å². The molecule has 0 atom stereocenters. The maximum atomic E-state index is 11.7. The summed E-state index contributed by atoms with van der Waals surface area (Å²) in [6.07, 6.45) is 1.45. The van der Waals surface area contributed by atoms with E-state index >= 15 is 0 Å². The highest BCUT2D eigenvalue weighted by Crippen LogP contribution is 2.24. The van der Waals surface area contributed by atoms with Gasteiger partial charge in [0, 0.05) is 19.3 Å². The van der Waals surface area contributed by atoms with Gasteiger partial charge in [0.05, 0.1) is 0 Å². The molecule has 0 aromatic carbocycles. The van der Waals surface area contributed by atoms with Crippen LogP contribution in [-0.4, -0.2) is 28.6 Å². The number of carboxylic acid groups (broad SMARTS) is 1. The molecule has 0 bridgehead atoms. The quantitative estimate of drug-likeness (QED) is 0.750. The highest BCUT2D eigenvalue weighted by Gasteiger charge is 2.22. The summed E-state index contributed by atoms with van der Waals surface area (Å²) in [5.74, 6) is -0.603. The van der Waals surface area contributed by atoms with Gasteiger partial charge in [0.2, 0.25) is 0 Å². The molecule has 3 N–H and O–H groups in total. The van der Waals surface area contributed by atoms with Crippen LogP contribution in [0.25, 0.3) is 0 Å². The van der Waals surface area contributed by atoms with E-state index in [9.17, 15) is 9.59 Å². The maximum Gasteiger partial charge on any atom is 0.354 e. The Balaban J connectivity index is 2.41. The summed E-state index contributed by atoms with van der Waals surface area (Å²) in [5.41, 5.74) is 0.766. The average Bonchev–Trinajstić information content (AvgIpc) is 2.43. The van der Waals surface area contributed by atoms with Gasteiger partial charge in [-0.3, -0.25) is 0 Å². The Labute approximate surface area is 125 Å². The fourth-order valence-corrected chi connectivity index (χ4v) is 1.41. The molecule has 0 aliphatic carbocycles. The number of nitrogens with one attached hydrogen (secondary N) is 2. The Kier molecular flexibility index (Phi) is 5.69. The predicted octanol–water partition coefficient (Wildman–Crippen LogP) is 2.26. The molecule has 0 radical (unpaired) electrons. The summed E-state index contributed by atoms with van der Waals surface area (Å²) in [6, 6.07) is 2.81. The van der Waals surface area contributed by atoms with Crippen molar-refractivity contribution in [2.24, 2.45) is 11.3 Å². The molecule has 0 aliphatic rings. The van der Waals surface area contributed by atoms with E-state index in [0.29, 0.717) is 19.0 Å². The number of carboxylic acids is 1. The van der Waals surface area contributed by atoms with Crippen molar-refractivity contribution in [3.8, 4) is 0 Å². The van der Waals surface area contributed by atoms with Crippen LogP contribution in [0.4, 0.5) is 4.79 Å². The normalized spacial score (nSPS) is 11.3. The van der Waals surface area contributed by atoms with Crippen molar-refractivity contribution in [1.29, 1.82) is 0 Å². The molecule has 116 valence electrons. The lowest BCUT2D eigenvalue weighted by Crippen LogP contribution is -2.42. The summed E-state index contributed by atoms with van der Waals surface area (Å²) in [7, 11) is 0. The first-order valence-corrected chi connectivity index (χ1v) is 6.92. The zero-order valence-corrected chi connectivity index (χ0v) is 12.9. The van der Waals surface area contributed by atoms with Crippen LogP contribution in [0.2, 0.25) is 0 Å². The molecular formula is C15H23N3O3. The van der Waals surface area contributed by atoms with Crippen LogP contribution in [0.15, 0.2) is 18.3 Å². The summed E-state index contributed by atoms with van der Waals surface area (Å²) >= 11 is 0. The lowest BCUT2D eigenvalue weighted by atomic mass is 9.81. The van der Waals surface area contributed by atoms with Crippen LogP contribution in [0, 0.1) is 11.3 Å². The van der Waals surface area contributed by atoms with Crippen LogP contribution in [-0.2, 0) is 6.54 Å². The number of aromatic nitrogens is 1. The number of nitrogens with zero attached hydrogens (tertiary/aromatic N) is 1. The van der Waals surface area contributed by atoms with Crippen LogP contribution in [0.5, 0.6) is 0 Å². The Morgan fingerprint density at radius 2 is 1.95 bits per heavy atom. The molecule has 1 rings (SSSR count). The van der Waals surface area contributed by atoms with E-state index in [2.05, 4.69) is 43.3 Å². The fraction of sp³-hybridized carbons (Fsp3) is 0.533. The second kappa shape index (κ2) is 7.06. The third-order valence-electron chi connectivity index (χ3n) is 3.76. The monoisotopic (exact) mass is 293 g/mol. The third-order valence-corrected chi connectivity index (χ3v) is 3.76. The van der Waals surface area contributed by atoms with E-state index in [-0.39, 0.29) is 17.1 Å². The highest BCUT2D eigenvalue weighted by atomic mass is 16.4. The van der Waals surface area contributed by atoms with Crippen molar-refractivity contribution in [1.82, 2.24) is 15.6 Å². The summed E-state index contributed by atoms with van der Waals surface area (Å²) in [6.45, 7) is 9.34. The summed E-state index contributed by atoms with van der Waals surface area (Å²) in [5, 5.41) is 14.3. The van der Waals surface area contributed by atoms with Crippen molar-refractivity contribution in [3.63, 3.8) is 0 Å². The van der Waals surface area contributed by atoms with Gasteiger partial charge in [-0.25, -0.2) is 14.6 Å². The second-order valence-corrected chi connectivity index (χ2v) is 6.04. The van der Waals surface area contributed by atoms with Gasteiger partial charge in [0.15, 0.2) is 0 Å². The van der Waals surface area contributed by atoms with E-state index in [1.165, 1.54) is 12.3 Å². The minimum Gasteiger partial charge on any atom is -0.477 e. The van der Waals surface area contributed by atoms with Gasteiger partial charge in [-0.2, -0.15) is 0 Å². The van der Waals surface area contributed by atoms with Gasteiger partial charge in [0.25, 0.3) is 0 Å². The Hall–Kier alpha value is -2.11. The number of amides is 2. The molecule has 0 saturated heterocycles. The first-order valence-electron chi connectivity index (χ1n) is 6.92. The Morgan fingerprint density at radius 1 is 1.29 bits per heavy atom. The smallest absolute Gasteiger partial charge is 0.354 e. The van der Waals surface area contributed by atoms with Gasteiger partial charge in [-0.15, -0.1) is 0 Å². The van der Waals surface area contributed by atoms with Crippen LogP contribution < -0.4 is 10.6 Å². The van der Waals surface area contributed by atoms with Gasteiger partial charge >= 0.3 is 12.0 Å². The van der Waals surface area contributed by atoms with Gasteiger partial charge in [-0.05, 0) is 23.0 Å². The van der Waals surface area contributed by atoms with Crippen LogP contribution >= 0.6 is 0 Å². The standard InChI is InChI=1S/C15H23N3O3/c1-10(2)15(3,4)9-18-14(21)17-8-11-5-6-12(13(19)20)16-7-11/h5-7,10H,8-9H2,1-4H3,(H,19,20)(H2,17,18,21). The molecule has 6 heteroatoms. The van der Waals surface area contributed by atoms with E-state index in [1.807, 2.05) is 0 Å². The number of carbonyl (C=O) groups excluding carboxylic acids is 1. The zero-order chi connectivity index (χ0) is 16.0. The first kappa shape index (κ1) is 16.9. The lowest BCUT2D eigenvalue weighted by Gasteiger charge is -2.29. The predicted molar refractivity (Wildman–Crippen MR) is 80.1 cm³/mol. The van der Waals surface area contributed by atoms with E-state index in [1.54, 1.807) is 6.07 Å². The largest absolute Gasteiger partial charge is 0.477 e. The molecule has 1 heterocycles. The van der Waals surface area contributed by atoms with E-state index < -0.39 is 5.97 Å². The van der Waals surface area contributed by atoms with Crippen molar-refractivity contribution in [2.75, 3.05) is 6.54 Å².